The molecular weight excluding hydrogens is 533 g/mol. The second kappa shape index (κ2) is 15.0. The van der Waals surface area contributed by atoms with Gasteiger partial charge < -0.3 is 19.7 Å². The summed E-state index contributed by atoms with van der Waals surface area (Å²) in [4.78, 5) is 31.3. The number of hydrogen-bond acceptors (Lipinski definition) is 6. The van der Waals surface area contributed by atoms with Crippen molar-refractivity contribution in [3.8, 4) is 11.5 Å². The van der Waals surface area contributed by atoms with Crippen LogP contribution in [0.3, 0.4) is 0 Å². The van der Waals surface area contributed by atoms with E-state index in [-0.39, 0.29) is 37.1 Å². The van der Waals surface area contributed by atoms with Gasteiger partial charge in [0, 0.05) is 25.6 Å². The number of nitrogens with zero attached hydrogens (tertiary/aromatic N) is 2. The van der Waals surface area contributed by atoms with Crippen molar-refractivity contribution in [1.29, 1.82) is 0 Å². The van der Waals surface area contributed by atoms with Crippen LogP contribution in [0.1, 0.15) is 36.8 Å². The topological polar surface area (TPSA) is 71.1 Å². The monoisotopic (exact) mass is 573 g/mol. The molecule has 0 unspecified atom stereocenters. The zero-order chi connectivity index (χ0) is 29.1. The van der Waals surface area contributed by atoms with E-state index in [1.54, 1.807) is 24.3 Å². The van der Waals surface area contributed by atoms with Crippen molar-refractivity contribution < 1.29 is 23.5 Å². The van der Waals surface area contributed by atoms with Gasteiger partial charge in [0.15, 0.2) is 5.78 Å². The van der Waals surface area contributed by atoms with E-state index in [4.69, 9.17) is 9.47 Å². The van der Waals surface area contributed by atoms with Gasteiger partial charge in [-0.05, 0) is 86.3 Å². The summed E-state index contributed by atoms with van der Waals surface area (Å²) in [6.45, 7) is 4.92. The van der Waals surface area contributed by atoms with E-state index >= 15 is 0 Å². The van der Waals surface area contributed by atoms with Crippen LogP contribution in [0.4, 0.5) is 4.39 Å². The number of likely N-dealkylation sites (tertiary alicyclic amines) is 2. The van der Waals surface area contributed by atoms with Gasteiger partial charge in [-0.2, -0.15) is 0 Å². The number of piperidine rings is 1. The van der Waals surface area contributed by atoms with Gasteiger partial charge in [0.2, 0.25) is 5.91 Å². The lowest BCUT2D eigenvalue weighted by Gasteiger charge is -2.36. The van der Waals surface area contributed by atoms with Crippen LogP contribution in [-0.2, 0) is 27.4 Å². The van der Waals surface area contributed by atoms with Crippen LogP contribution in [0.15, 0.2) is 78.9 Å². The zero-order valence-electron chi connectivity index (χ0n) is 24.1. The molecular formula is C34H40FN3O4. The molecule has 3 aromatic rings. The van der Waals surface area contributed by atoms with Crippen LogP contribution in [0.2, 0.25) is 0 Å². The molecule has 0 radical (unpaired) electrons. The predicted molar refractivity (Wildman–Crippen MR) is 160 cm³/mol. The molecule has 2 fully saturated rings. The first-order chi connectivity index (χ1) is 20.5. The molecule has 2 aliphatic heterocycles. The van der Waals surface area contributed by atoms with E-state index in [0.717, 1.165) is 37.1 Å². The van der Waals surface area contributed by atoms with E-state index in [1.165, 1.54) is 38.1 Å². The zero-order valence-corrected chi connectivity index (χ0v) is 24.1. The molecule has 0 aliphatic carbocycles. The standard InChI is InChI=1S/C34H40FN3O4/c35-28-10-14-31(15-11-28)42-30-12-8-26(9-13-30)22-33(39)32(25-41-24-27-6-2-1-3-7-27)36-34(40)23-37-20-16-29(17-21-37)38-18-4-5-19-38/h1-3,6-15,29,32H,4-5,16-25H2,(H,36,40)/t32-/m0/s1. The number of ether oxygens (including phenoxy) is 2. The molecule has 3 aromatic carbocycles. The maximum absolute atomic E-state index is 13.4. The van der Waals surface area contributed by atoms with Crippen molar-refractivity contribution in [2.75, 3.05) is 39.3 Å². The molecule has 1 atom stereocenters. The number of carbonyl (C=O) groups excluding carboxylic acids is 2. The Hall–Kier alpha value is -3.59. The summed E-state index contributed by atoms with van der Waals surface area (Å²) in [5.41, 5.74) is 1.81. The van der Waals surface area contributed by atoms with E-state index in [0.29, 0.717) is 24.1 Å². The average molecular weight is 574 g/mol. The van der Waals surface area contributed by atoms with Crippen molar-refractivity contribution >= 4 is 11.7 Å². The van der Waals surface area contributed by atoms with Crippen LogP contribution in [-0.4, -0.2) is 72.9 Å². The Morgan fingerprint density at radius 2 is 1.48 bits per heavy atom. The Morgan fingerprint density at radius 3 is 2.14 bits per heavy atom. The number of ketones is 1. The summed E-state index contributed by atoms with van der Waals surface area (Å²) in [5.74, 6) is 0.518. The molecule has 222 valence electrons. The van der Waals surface area contributed by atoms with Gasteiger partial charge in [0.1, 0.15) is 23.4 Å². The predicted octanol–water partition coefficient (Wildman–Crippen LogP) is 4.99. The molecule has 0 aromatic heterocycles. The van der Waals surface area contributed by atoms with E-state index in [2.05, 4.69) is 15.1 Å². The van der Waals surface area contributed by atoms with Gasteiger partial charge in [0.05, 0.1) is 19.8 Å². The van der Waals surface area contributed by atoms with Gasteiger partial charge in [-0.25, -0.2) is 4.39 Å². The normalized spacial score (nSPS) is 17.2. The molecule has 7 nitrogen and oxygen atoms in total. The minimum atomic E-state index is -0.751. The largest absolute Gasteiger partial charge is 0.457 e. The highest BCUT2D eigenvalue weighted by Gasteiger charge is 2.28. The van der Waals surface area contributed by atoms with Crippen LogP contribution in [0.25, 0.3) is 0 Å². The minimum Gasteiger partial charge on any atom is -0.457 e. The molecule has 1 N–H and O–H groups in total. The maximum atomic E-state index is 13.4. The third kappa shape index (κ3) is 8.95. The van der Waals surface area contributed by atoms with Crippen molar-refractivity contribution in [2.45, 2.75) is 50.8 Å². The highest BCUT2D eigenvalue weighted by atomic mass is 19.1. The number of amides is 1. The Labute approximate surface area is 247 Å². The summed E-state index contributed by atoms with van der Waals surface area (Å²) in [5, 5.41) is 2.96. The Bertz CT molecular complexity index is 1270. The van der Waals surface area contributed by atoms with E-state index in [1.807, 2.05) is 42.5 Å². The Balaban J connectivity index is 1.15. The van der Waals surface area contributed by atoms with Gasteiger partial charge in [0.25, 0.3) is 0 Å². The molecule has 8 heteroatoms. The summed E-state index contributed by atoms with van der Waals surface area (Å²) in [6.07, 6.45) is 4.89. The lowest BCUT2D eigenvalue weighted by atomic mass is 10.0. The fourth-order valence-corrected chi connectivity index (χ4v) is 5.71. The smallest absolute Gasteiger partial charge is 0.234 e. The summed E-state index contributed by atoms with van der Waals surface area (Å²) in [6, 6.07) is 22.6. The van der Waals surface area contributed by atoms with Crippen LogP contribution in [0.5, 0.6) is 11.5 Å². The second-order valence-electron chi connectivity index (χ2n) is 11.2. The Kier molecular flexibility index (Phi) is 10.7. The molecule has 2 heterocycles. The van der Waals surface area contributed by atoms with Crippen LogP contribution in [0, 0.1) is 5.82 Å². The number of hydrogen-bond donors (Lipinski definition) is 1. The molecule has 1 amide bonds. The van der Waals surface area contributed by atoms with Crippen molar-refractivity contribution in [1.82, 2.24) is 15.1 Å². The lowest BCUT2D eigenvalue weighted by molar-refractivity contribution is -0.130. The molecule has 0 spiro atoms. The number of nitrogens with one attached hydrogen (secondary N) is 1. The number of halogens is 1. The molecule has 0 bridgehead atoms. The average Bonchev–Trinajstić information content (AvgIpc) is 3.55. The highest BCUT2D eigenvalue weighted by Crippen LogP contribution is 2.23. The number of rotatable bonds is 13. The van der Waals surface area contributed by atoms with Crippen LogP contribution < -0.4 is 10.1 Å². The SMILES string of the molecule is O=C(CN1CCC(N2CCCC2)CC1)N[C@@H](COCc1ccccc1)C(=O)Cc1ccc(Oc2ccc(F)cc2)cc1. The molecule has 42 heavy (non-hydrogen) atoms. The van der Waals surface area contributed by atoms with Crippen molar-refractivity contribution in [3.63, 3.8) is 0 Å². The number of Topliss-reactive ketones (excluding diaryl/α,β-unsaturated/α-hetero) is 1. The lowest BCUT2D eigenvalue weighted by Crippen LogP contribution is -2.50. The summed E-state index contributed by atoms with van der Waals surface area (Å²) in [7, 11) is 0. The van der Waals surface area contributed by atoms with E-state index in [9.17, 15) is 14.0 Å². The van der Waals surface area contributed by atoms with Gasteiger partial charge in [-0.15, -0.1) is 0 Å². The Morgan fingerprint density at radius 1 is 0.833 bits per heavy atom. The fourth-order valence-electron chi connectivity index (χ4n) is 5.71. The van der Waals surface area contributed by atoms with Crippen molar-refractivity contribution in [2.24, 2.45) is 0 Å². The first-order valence-corrected chi connectivity index (χ1v) is 14.9. The quantitative estimate of drug-likeness (QED) is 0.311. The third-order valence-electron chi connectivity index (χ3n) is 8.05. The minimum absolute atomic E-state index is 0.0995. The first kappa shape index (κ1) is 29.9. The maximum Gasteiger partial charge on any atom is 0.234 e. The third-order valence-corrected chi connectivity index (χ3v) is 8.05. The molecule has 5 rings (SSSR count). The van der Waals surface area contributed by atoms with E-state index < -0.39 is 6.04 Å². The van der Waals surface area contributed by atoms with Gasteiger partial charge in [-0.3, -0.25) is 14.5 Å². The number of benzene rings is 3. The molecule has 2 saturated heterocycles. The number of carbonyl (C=O) groups is 2. The van der Waals surface area contributed by atoms with Gasteiger partial charge in [-0.1, -0.05) is 42.5 Å². The highest BCUT2D eigenvalue weighted by molar-refractivity contribution is 5.91. The first-order valence-electron chi connectivity index (χ1n) is 14.9. The van der Waals surface area contributed by atoms with Gasteiger partial charge >= 0.3 is 0 Å². The molecule has 2 aliphatic rings. The summed E-state index contributed by atoms with van der Waals surface area (Å²) < 4.78 is 24.8. The fraction of sp³-hybridized carbons (Fsp3) is 0.412. The van der Waals surface area contributed by atoms with Crippen LogP contribution >= 0.6 is 0 Å². The second-order valence-corrected chi connectivity index (χ2v) is 11.2. The summed E-state index contributed by atoms with van der Waals surface area (Å²) >= 11 is 0. The van der Waals surface area contributed by atoms with Crippen molar-refractivity contribution in [3.05, 3.63) is 95.8 Å². The molecule has 0 saturated carbocycles.